The Bertz CT molecular complexity index is 772. The number of hydrogen-bond acceptors (Lipinski definition) is 3. The van der Waals surface area contributed by atoms with E-state index in [1.807, 2.05) is 47.7 Å². The number of anilines is 1. The molecule has 0 saturated carbocycles. The van der Waals surface area contributed by atoms with Crippen LogP contribution in [-0.2, 0) is 16.1 Å². The first kappa shape index (κ1) is 18.6. The monoisotopic (exact) mass is 370 g/mol. The van der Waals surface area contributed by atoms with Gasteiger partial charge >= 0.3 is 0 Å². The second-order valence-corrected chi connectivity index (χ2v) is 8.08. The standard InChI is InChI=1S/C21H26N2O2S/c1-4-15(2)18-9-5-6-10-19(18)23-13-16(12-20(23)24)21(25)22(3)14-17-8-7-11-26-17/h5-11,15-16H,4,12-14H2,1-3H3. The first-order chi connectivity index (χ1) is 12.5. The Morgan fingerprint density at radius 2 is 2.08 bits per heavy atom. The van der Waals surface area contributed by atoms with Crippen molar-refractivity contribution in [3.8, 4) is 0 Å². The molecule has 0 spiro atoms. The smallest absolute Gasteiger partial charge is 0.228 e. The lowest BCUT2D eigenvalue weighted by Gasteiger charge is -2.24. The predicted molar refractivity (Wildman–Crippen MR) is 106 cm³/mol. The van der Waals surface area contributed by atoms with Gasteiger partial charge in [-0.2, -0.15) is 0 Å². The average molecular weight is 371 g/mol. The second-order valence-electron chi connectivity index (χ2n) is 7.05. The van der Waals surface area contributed by atoms with Gasteiger partial charge in [0.05, 0.1) is 12.5 Å². The minimum absolute atomic E-state index is 0.0450. The van der Waals surface area contributed by atoms with Crippen LogP contribution < -0.4 is 4.90 Å². The quantitative estimate of drug-likeness (QED) is 0.762. The van der Waals surface area contributed by atoms with Crippen molar-refractivity contribution in [1.29, 1.82) is 0 Å². The Labute approximate surface area is 159 Å². The van der Waals surface area contributed by atoms with Crippen LogP contribution >= 0.6 is 11.3 Å². The molecule has 3 rings (SSSR count). The van der Waals surface area contributed by atoms with Gasteiger partial charge in [-0.3, -0.25) is 9.59 Å². The van der Waals surface area contributed by atoms with Crippen molar-refractivity contribution in [2.24, 2.45) is 5.92 Å². The molecule has 1 saturated heterocycles. The Morgan fingerprint density at radius 1 is 1.31 bits per heavy atom. The summed E-state index contributed by atoms with van der Waals surface area (Å²) < 4.78 is 0. The van der Waals surface area contributed by atoms with Crippen molar-refractivity contribution < 1.29 is 9.59 Å². The zero-order valence-corrected chi connectivity index (χ0v) is 16.5. The summed E-state index contributed by atoms with van der Waals surface area (Å²) in [4.78, 5) is 30.2. The maximum Gasteiger partial charge on any atom is 0.228 e. The van der Waals surface area contributed by atoms with E-state index in [-0.39, 0.29) is 17.7 Å². The molecule has 2 atom stereocenters. The van der Waals surface area contributed by atoms with Crippen LogP contribution in [-0.4, -0.2) is 30.3 Å². The highest BCUT2D eigenvalue weighted by atomic mass is 32.1. The molecule has 2 amide bonds. The van der Waals surface area contributed by atoms with Crippen molar-refractivity contribution in [2.75, 3.05) is 18.5 Å². The van der Waals surface area contributed by atoms with Crippen molar-refractivity contribution in [2.45, 2.75) is 39.2 Å². The van der Waals surface area contributed by atoms with Crippen LogP contribution in [0.15, 0.2) is 41.8 Å². The molecule has 0 N–H and O–H groups in total. The largest absolute Gasteiger partial charge is 0.340 e. The Balaban J connectivity index is 1.74. The highest BCUT2D eigenvalue weighted by Crippen LogP contribution is 2.34. The summed E-state index contributed by atoms with van der Waals surface area (Å²) in [6.45, 7) is 5.40. The first-order valence-corrected chi connectivity index (χ1v) is 10.1. The molecular weight excluding hydrogens is 344 g/mol. The van der Waals surface area contributed by atoms with E-state index in [9.17, 15) is 9.59 Å². The number of para-hydroxylation sites is 1. The summed E-state index contributed by atoms with van der Waals surface area (Å²) in [6.07, 6.45) is 1.31. The number of rotatable bonds is 6. The average Bonchev–Trinajstić information content (AvgIpc) is 3.30. The second kappa shape index (κ2) is 8.04. The van der Waals surface area contributed by atoms with Crippen LogP contribution in [0.25, 0.3) is 0 Å². The molecular formula is C21H26N2O2S. The number of hydrogen-bond donors (Lipinski definition) is 0. The lowest BCUT2D eigenvalue weighted by Crippen LogP contribution is -2.34. The number of carbonyl (C=O) groups excluding carboxylic acids is 2. The summed E-state index contributed by atoms with van der Waals surface area (Å²) in [5.74, 6) is 0.214. The van der Waals surface area contributed by atoms with Gasteiger partial charge in [0.1, 0.15) is 0 Å². The van der Waals surface area contributed by atoms with Gasteiger partial charge in [0.25, 0.3) is 0 Å². The van der Waals surface area contributed by atoms with E-state index >= 15 is 0 Å². The molecule has 0 bridgehead atoms. The Kier molecular flexibility index (Phi) is 5.77. The minimum atomic E-state index is -0.266. The number of thiophene rings is 1. The summed E-state index contributed by atoms with van der Waals surface area (Å²) >= 11 is 1.65. The molecule has 2 heterocycles. The maximum atomic E-state index is 12.8. The highest BCUT2D eigenvalue weighted by molar-refractivity contribution is 7.09. The molecule has 138 valence electrons. The van der Waals surface area contributed by atoms with Crippen LogP contribution in [0.5, 0.6) is 0 Å². The summed E-state index contributed by atoms with van der Waals surface area (Å²) in [7, 11) is 1.82. The van der Waals surface area contributed by atoms with Gasteiger partial charge in [0.2, 0.25) is 11.8 Å². The topological polar surface area (TPSA) is 40.6 Å². The van der Waals surface area contributed by atoms with Gasteiger partial charge in [0.15, 0.2) is 0 Å². The lowest BCUT2D eigenvalue weighted by atomic mass is 9.96. The van der Waals surface area contributed by atoms with E-state index in [2.05, 4.69) is 19.9 Å². The van der Waals surface area contributed by atoms with Crippen molar-refractivity contribution >= 4 is 28.8 Å². The van der Waals surface area contributed by atoms with Gasteiger partial charge in [0, 0.05) is 30.6 Å². The fourth-order valence-corrected chi connectivity index (χ4v) is 4.26. The third-order valence-electron chi connectivity index (χ3n) is 5.19. The van der Waals surface area contributed by atoms with Crippen LogP contribution in [0.3, 0.4) is 0 Å². The molecule has 5 heteroatoms. The maximum absolute atomic E-state index is 12.8. The number of benzene rings is 1. The molecule has 0 radical (unpaired) electrons. The minimum Gasteiger partial charge on any atom is -0.340 e. The number of amides is 2. The molecule has 26 heavy (non-hydrogen) atoms. The fraction of sp³-hybridized carbons (Fsp3) is 0.429. The van der Waals surface area contributed by atoms with Gasteiger partial charge in [-0.15, -0.1) is 11.3 Å². The van der Waals surface area contributed by atoms with E-state index in [1.54, 1.807) is 16.2 Å². The molecule has 1 fully saturated rings. The number of nitrogens with zero attached hydrogens (tertiary/aromatic N) is 2. The Morgan fingerprint density at radius 3 is 2.77 bits per heavy atom. The van der Waals surface area contributed by atoms with Crippen LogP contribution in [0.2, 0.25) is 0 Å². The number of carbonyl (C=O) groups is 2. The van der Waals surface area contributed by atoms with Crippen molar-refractivity contribution in [3.63, 3.8) is 0 Å². The zero-order valence-electron chi connectivity index (χ0n) is 15.6. The van der Waals surface area contributed by atoms with Gasteiger partial charge < -0.3 is 9.80 Å². The molecule has 4 nitrogen and oxygen atoms in total. The Hall–Kier alpha value is -2.14. The highest BCUT2D eigenvalue weighted by Gasteiger charge is 2.37. The first-order valence-electron chi connectivity index (χ1n) is 9.17. The lowest BCUT2D eigenvalue weighted by molar-refractivity contribution is -0.135. The van der Waals surface area contributed by atoms with Crippen LogP contribution in [0.1, 0.15) is 43.0 Å². The molecule has 1 aliphatic rings. The van der Waals surface area contributed by atoms with Crippen molar-refractivity contribution in [3.05, 3.63) is 52.2 Å². The third kappa shape index (κ3) is 3.83. The van der Waals surface area contributed by atoms with Gasteiger partial charge in [-0.25, -0.2) is 0 Å². The SMILES string of the molecule is CCC(C)c1ccccc1N1CC(C(=O)N(C)Cc2cccs2)CC1=O. The normalized spacial score (nSPS) is 18.2. The molecule has 2 aromatic rings. The van der Waals surface area contributed by atoms with E-state index < -0.39 is 0 Å². The van der Waals surface area contributed by atoms with Crippen LogP contribution in [0, 0.1) is 5.92 Å². The van der Waals surface area contributed by atoms with E-state index in [0.29, 0.717) is 25.4 Å². The van der Waals surface area contributed by atoms with Gasteiger partial charge in [-0.05, 0) is 35.4 Å². The van der Waals surface area contributed by atoms with E-state index in [4.69, 9.17) is 0 Å². The fourth-order valence-electron chi connectivity index (χ4n) is 3.50. The van der Waals surface area contributed by atoms with E-state index in [0.717, 1.165) is 17.0 Å². The summed E-state index contributed by atoms with van der Waals surface area (Å²) in [5, 5.41) is 2.01. The molecule has 0 aliphatic carbocycles. The molecule has 1 aromatic heterocycles. The molecule has 2 unspecified atom stereocenters. The summed E-state index contributed by atoms with van der Waals surface area (Å²) in [6, 6.07) is 12.1. The van der Waals surface area contributed by atoms with E-state index in [1.165, 1.54) is 5.56 Å². The van der Waals surface area contributed by atoms with Gasteiger partial charge in [-0.1, -0.05) is 38.1 Å². The molecule has 1 aromatic carbocycles. The molecule has 1 aliphatic heterocycles. The predicted octanol–water partition coefficient (Wildman–Crippen LogP) is 4.27. The van der Waals surface area contributed by atoms with Crippen molar-refractivity contribution in [1.82, 2.24) is 4.90 Å². The van der Waals surface area contributed by atoms with Crippen LogP contribution in [0.4, 0.5) is 5.69 Å². The zero-order chi connectivity index (χ0) is 18.7. The third-order valence-corrected chi connectivity index (χ3v) is 6.06. The summed E-state index contributed by atoms with van der Waals surface area (Å²) in [5.41, 5.74) is 2.14.